The molecule has 2 aromatic heterocycles. The van der Waals surface area contributed by atoms with Crippen LogP contribution in [0.25, 0.3) is 22.0 Å². The van der Waals surface area contributed by atoms with Gasteiger partial charge in [0.2, 0.25) is 17.8 Å². The average Bonchev–Trinajstić information content (AvgIpc) is 3.28. The highest BCUT2D eigenvalue weighted by molar-refractivity contribution is 7.94. The van der Waals surface area contributed by atoms with E-state index in [1.54, 1.807) is 19.1 Å². The van der Waals surface area contributed by atoms with Gasteiger partial charge >= 0.3 is 0 Å². The van der Waals surface area contributed by atoms with Gasteiger partial charge in [-0.1, -0.05) is 41.4 Å². The topological polar surface area (TPSA) is 345 Å². The molecule has 8 N–H and O–H groups in total. The van der Waals surface area contributed by atoms with E-state index < -0.39 is 62.8 Å². The predicted octanol–water partition coefficient (Wildman–Crippen LogP) is 6.00. The first-order valence-electron chi connectivity index (χ1n) is 19.3. The Balaban J connectivity index is 1.29. The summed E-state index contributed by atoms with van der Waals surface area (Å²) in [6, 6.07) is 20.3. The van der Waals surface area contributed by atoms with Crippen molar-refractivity contribution in [1.82, 2.24) is 19.5 Å². The molecule has 0 amide bonds. The van der Waals surface area contributed by atoms with Gasteiger partial charge in [-0.05, 0) is 73.2 Å². The lowest BCUT2D eigenvalue weighted by Gasteiger charge is -2.26. The molecule has 5 aromatic carbocycles. The molecule has 7 aromatic rings. The summed E-state index contributed by atoms with van der Waals surface area (Å²) in [4.78, 5) is 54.3. The smallest absolute Gasteiger partial charge is 0.296 e. The first kappa shape index (κ1) is 47.3. The van der Waals surface area contributed by atoms with E-state index in [0.717, 1.165) is 41.0 Å². The summed E-state index contributed by atoms with van der Waals surface area (Å²) in [5, 5.41) is 24.5. The number of anilines is 7. The number of carbonyl (C=O) groups is 2. The van der Waals surface area contributed by atoms with Crippen LogP contribution in [0, 0.1) is 0 Å². The van der Waals surface area contributed by atoms with Crippen LogP contribution >= 0.6 is 12.0 Å². The molecule has 1 aliphatic carbocycles. The molecule has 0 spiro atoms. The number of aromatic nitrogens is 4. The number of hydrogen-bond acceptors (Lipinski definition) is 20. The number of aryl methyl sites for hydroxylation is 1. The lowest BCUT2D eigenvalue weighted by Crippen LogP contribution is -2.29. The van der Waals surface area contributed by atoms with Gasteiger partial charge in [-0.25, -0.2) is 5.26 Å². The maximum absolute atomic E-state index is 14.7. The number of pyridine rings is 1. The monoisotopic (exact) mass is 1000 g/mol. The minimum Gasteiger partial charge on any atom is -0.354 e. The van der Waals surface area contributed by atoms with Gasteiger partial charge in [-0.2, -0.15) is 40.2 Å². The number of rotatable bonds is 16. The van der Waals surface area contributed by atoms with E-state index in [2.05, 4.69) is 45.6 Å². The highest BCUT2D eigenvalue weighted by Crippen LogP contribution is 2.45. The zero-order chi connectivity index (χ0) is 48.9. The molecule has 0 radical (unpaired) electrons. The molecule has 350 valence electrons. The molecule has 27 heteroatoms. The Labute approximate surface area is 388 Å². The number of benzene rings is 5. The van der Waals surface area contributed by atoms with Gasteiger partial charge in [0.1, 0.15) is 4.90 Å². The minimum absolute atomic E-state index is 0.00502. The van der Waals surface area contributed by atoms with Crippen LogP contribution in [0.15, 0.2) is 121 Å². The van der Waals surface area contributed by atoms with Gasteiger partial charge in [0.25, 0.3) is 35.9 Å². The summed E-state index contributed by atoms with van der Waals surface area (Å²) in [7, 11) is -13.1. The average molecular weight is 1010 g/mol. The second-order valence-electron chi connectivity index (χ2n) is 14.5. The van der Waals surface area contributed by atoms with Crippen LogP contribution in [0.4, 0.5) is 40.6 Å². The van der Waals surface area contributed by atoms with E-state index in [1.807, 2.05) is 0 Å². The molecule has 68 heavy (non-hydrogen) atoms. The molecule has 0 atom stereocenters. The van der Waals surface area contributed by atoms with Crippen molar-refractivity contribution in [3.05, 3.63) is 130 Å². The third-order valence-corrected chi connectivity index (χ3v) is 13.5. The molecule has 1 aliphatic rings. The maximum atomic E-state index is 14.7. The summed E-state index contributed by atoms with van der Waals surface area (Å²) in [5.74, 6) is -1.87. The van der Waals surface area contributed by atoms with Crippen LogP contribution in [0.2, 0.25) is 0 Å². The third kappa shape index (κ3) is 9.25. The fraction of sp³-hybridized carbons (Fsp3) is 0.0732. The first-order valence-corrected chi connectivity index (χ1v) is 24.4. The lowest BCUT2D eigenvalue weighted by molar-refractivity contribution is -0.432. The van der Waals surface area contributed by atoms with E-state index in [9.17, 15) is 53.3 Å². The summed E-state index contributed by atoms with van der Waals surface area (Å²) in [5.41, 5.74) is -1.60. The Morgan fingerprint density at radius 1 is 0.691 bits per heavy atom. The van der Waals surface area contributed by atoms with Crippen LogP contribution in [0.3, 0.4) is 0 Å². The second kappa shape index (κ2) is 18.1. The molecule has 0 aliphatic heterocycles. The Kier molecular flexibility index (Phi) is 12.6. The molecular weight excluding hydrogens is 973 g/mol. The fourth-order valence-corrected chi connectivity index (χ4v) is 9.55. The van der Waals surface area contributed by atoms with Crippen LogP contribution in [0.1, 0.15) is 38.8 Å². The minimum atomic E-state index is -5.16. The van der Waals surface area contributed by atoms with Crippen molar-refractivity contribution in [1.29, 1.82) is 0 Å². The Bertz CT molecular complexity index is 3670. The van der Waals surface area contributed by atoms with E-state index in [4.69, 9.17) is 5.26 Å². The molecule has 23 nitrogen and oxygen atoms in total. The third-order valence-electron chi connectivity index (χ3n) is 10.3. The number of fused-ring (bicyclic) bond motifs is 2. The van der Waals surface area contributed by atoms with Gasteiger partial charge in [0, 0.05) is 41.4 Å². The van der Waals surface area contributed by atoms with Gasteiger partial charge in [-0.15, -0.1) is 4.33 Å². The van der Waals surface area contributed by atoms with E-state index >= 15 is 0 Å². The number of hydrogen-bond donors (Lipinski definition) is 8. The molecule has 0 unspecified atom stereocenters. The quantitative estimate of drug-likeness (QED) is 0.0181. The summed E-state index contributed by atoms with van der Waals surface area (Å²) in [6.45, 7) is 2.08. The zero-order valence-electron chi connectivity index (χ0n) is 34.6. The summed E-state index contributed by atoms with van der Waals surface area (Å²) in [6.07, 6.45) is 0. The van der Waals surface area contributed by atoms with E-state index in [1.165, 1.54) is 55.6 Å². The van der Waals surface area contributed by atoms with Crippen LogP contribution in [0.5, 0.6) is 0 Å². The number of ketones is 2. The predicted molar refractivity (Wildman–Crippen MR) is 245 cm³/mol. The highest BCUT2D eigenvalue weighted by atomic mass is 32.2. The lowest BCUT2D eigenvalue weighted by atomic mass is 9.80. The second-order valence-corrected chi connectivity index (χ2v) is 19.4. The first-order chi connectivity index (χ1) is 32.2. The van der Waals surface area contributed by atoms with E-state index in [-0.39, 0.29) is 101 Å². The van der Waals surface area contributed by atoms with Gasteiger partial charge in [0.05, 0.1) is 60.4 Å². The van der Waals surface area contributed by atoms with Crippen molar-refractivity contribution in [2.24, 2.45) is 7.05 Å². The standard InChI is InChI=1S/C41H32N8O15S4/c1-3-42-39-46-40(43-21-11-13-22(14-12-21)66(54,55)56)48-41(47-39)45-27-18-28(31(68(60,61)62)19-30(27)65-64-63-53)44-26-15-16-29-34-32(24-9-4-5-10-25(24)37(51)33(26)34)35(38(52)49(29)2)36(50)20-7-6-8-23(17-20)67(57,58)59/h4-19,44,53H,3H2,1-2H3,(H,54,55,56)(H,57,58,59)(H,60,61,62)(H3,42,43,45,46,47,48). The van der Waals surface area contributed by atoms with Crippen LogP contribution in [-0.4, -0.2) is 81.8 Å². The molecule has 0 saturated carbocycles. The van der Waals surface area contributed by atoms with Gasteiger partial charge < -0.3 is 25.8 Å². The fourth-order valence-electron chi connectivity index (χ4n) is 7.35. The van der Waals surface area contributed by atoms with Crippen molar-refractivity contribution in [2.75, 3.05) is 27.8 Å². The molecule has 8 rings (SSSR count). The number of nitrogens with one attached hydrogen (secondary N) is 4. The van der Waals surface area contributed by atoms with Gasteiger partial charge in [0.15, 0.2) is 11.6 Å². The summed E-state index contributed by atoms with van der Waals surface area (Å²) < 4.78 is 109. The summed E-state index contributed by atoms with van der Waals surface area (Å²) >= 11 is 0.281. The van der Waals surface area contributed by atoms with Crippen molar-refractivity contribution in [2.45, 2.75) is 26.5 Å². The van der Waals surface area contributed by atoms with Crippen molar-refractivity contribution in [3.63, 3.8) is 0 Å². The van der Waals surface area contributed by atoms with Gasteiger partial charge in [-0.3, -0.25) is 28.0 Å². The number of carbonyl (C=O) groups excluding carboxylic acids is 2. The molecule has 2 heterocycles. The van der Waals surface area contributed by atoms with Crippen molar-refractivity contribution >= 4 is 105 Å². The zero-order valence-corrected chi connectivity index (χ0v) is 37.9. The van der Waals surface area contributed by atoms with Crippen molar-refractivity contribution < 1.29 is 63.1 Å². The Hall–Kier alpha value is -7.18. The Morgan fingerprint density at radius 3 is 2.00 bits per heavy atom. The normalized spacial score (nSPS) is 12.4. The van der Waals surface area contributed by atoms with Crippen LogP contribution in [-0.2, 0) is 46.8 Å². The molecular formula is C41H32N8O15S4. The molecule has 0 saturated heterocycles. The van der Waals surface area contributed by atoms with Crippen LogP contribution < -0.4 is 26.8 Å². The Morgan fingerprint density at radius 2 is 1.35 bits per heavy atom. The SMILES string of the molecule is CCNc1nc(Nc2ccc(S(=O)(=O)O)cc2)nc(Nc2cc(Nc3ccc4c5c3C(=O)c3ccccc3-c5c(C(=O)c3cccc(S(=O)(=O)O)c3)c(=O)n4C)c(S(=O)(=O)O)cc2SOOO)n1. The molecule has 0 bridgehead atoms. The molecule has 0 fully saturated rings. The largest absolute Gasteiger partial charge is 0.354 e. The van der Waals surface area contributed by atoms with Crippen molar-refractivity contribution in [3.8, 4) is 11.1 Å². The number of nitrogens with zero attached hydrogens (tertiary/aromatic N) is 4. The highest BCUT2D eigenvalue weighted by Gasteiger charge is 2.35. The van der Waals surface area contributed by atoms with E-state index in [0.29, 0.717) is 6.54 Å². The maximum Gasteiger partial charge on any atom is 0.296 e.